The molecule has 14 nitrogen and oxygen atoms in total. The number of carbonyl (C=O) groups excluding carboxylic acids is 4. The summed E-state index contributed by atoms with van der Waals surface area (Å²) in [6.07, 6.45) is -4.26. The molecule has 1 aromatic heterocycles. The van der Waals surface area contributed by atoms with Gasteiger partial charge in [-0.15, -0.1) is 0 Å². The maximum atomic E-state index is 11.9. The fourth-order valence-electron chi connectivity index (χ4n) is 3.30. The topological polar surface area (TPSA) is 175 Å². The molecule has 0 aliphatic carbocycles. The number of ether oxygens (including phenoxy) is 5. The highest BCUT2D eigenvalue weighted by molar-refractivity contribution is 5.68. The molecule has 1 aliphatic rings. The third-order valence-corrected chi connectivity index (χ3v) is 4.36. The maximum Gasteiger partial charge on any atom is 0.381 e. The van der Waals surface area contributed by atoms with Gasteiger partial charge in [0.25, 0.3) is 0 Å². The number of nitro groups is 1. The van der Waals surface area contributed by atoms with Gasteiger partial charge in [-0.3, -0.25) is 23.7 Å². The van der Waals surface area contributed by atoms with Crippen LogP contribution in [0.25, 0.3) is 0 Å². The first-order valence-corrected chi connectivity index (χ1v) is 9.41. The number of esters is 4. The van der Waals surface area contributed by atoms with Gasteiger partial charge in [-0.1, -0.05) is 0 Å². The Bertz CT molecular complexity index is 912. The van der Waals surface area contributed by atoms with Crippen LogP contribution >= 0.6 is 0 Å². The number of rotatable bonds is 7. The molecule has 32 heavy (non-hydrogen) atoms. The van der Waals surface area contributed by atoms with Gasteiger partial charge in [-0.25, -0.2) is 0 Å². The van der Waals surface area contributed by atoms with E-state index < -0.39 is 71.9 Å². The summed E-state index contributed by atoms with van der Waals surface area (Å²) in [6, 6.07) is -1.22. The van der Waals surface area contributed by atoms with Crippen LogP contribution < -0.4 is 0 Å². The molecule has 0 unspecified atom stereocenters. The second-order valence-electron chi connectivity index (χ2n) is 6.90. The molecule has 0 radical (unpaired) electrons. The van der Waals surface area contributed by atoms with Crippen LogP contribution in [0.2, 0.25) is 0 Å². The summed E-state index contributed by atoms with van der Waals surface area (Å²) >= 11 is 0. The molecule has 0 saturated carbocycles. The Hall–Kier alpha value is -3.55. The summed E-state index contributed by atoms with van der Waals surface area (Å²) in [5.41, 5.74) is 0. The van der Waals surface area contributed by atoms with Crippen LogP contribution in [0.15, 0.2) is 6.20 Å². The number of aromatic nitrogens is 2. The molecule has 14 heteroatoms. The molecular formula is C18H23N3O11. The summed E-state index contributed by atoms with van der Waals surface area (Å²) in [6.45, 7) is 5.47. The Labute approximate surface area is 181 Å². The van der Waals surface area contributed by atoms with Crippen molar-refractivity contribution in [1.29, 1.82) is 0 Å². The van der Waals surface area contributed by atoms with Gasteiger partial charge in [-0.2, -0.15) is 0 Å². The summed E-state index contributed by atoms with van der Waals surface area (Å²) < 4.78 is 27.9. The quantitative estimate of drug-likeness (QED) is 0.238. The maximum absolute atomic E-state index is 11.9. The largest absolute Gasteiger partial charge is 0.463 e. The van der Waals surface area contributed by atoms with E-state index in [1.165, 1.54) is 11.5 Å². The first-order chi connectivity index (χ1) is 14.9. The Kier molecular flexibility index (Phi) is 7.86. The number of hydrogen-bond acceptors (Lipinski definition) is 12. The van der Waals surface area contributed by atoms with E-state index in [0.717, 1.165) is 33.9 Å². The number of carbonyl (C=O) groups is 4. The highest BCUT2D eigenvalue weighted by Crippen LogP contribution is 2.36. The lowest BCUT2D eigenvalue weighted by molar-refractivity contribution is -0.389. The van der Waals surface area contributed by atoms with Gasteiger partial charge < -0.3 is 33.8 Å². The Morgan fingerprint density at radius 3 is 2.06 bits per heavy atom. The Balaban J connectivity index is 2.62. The molecule has 2 rings (SSSR count). The van der Waals surface area contributed by atoms with Crippen molar-refractivity contribution in [2.75, 3.05) is 6.61 Å². The molecular weight excluding hydrogens is 434 g/mol. The Morgan fingerprint density at radius 2 is 1.59 bits per heavy atom. The molecule has 2 heterocycles. The fourth-order valence-corrected chi connectivity index (χ4v) is 3.30. The molecule has 0 spiro atoms. The zero-order chi connectivity index (χ0) is 24.2. The van der Waals surface area contributed by atoms with Gasteiger partial charge in [0.1, 0.15) is 24.9 Å². The average molecular weight is 457 g/mol. The number of imidazole rings is 1. The molecule has 1 saturated heterocycles. The van der Waals surface area contributed by atoms with Gasteiger partial charge in [0.15, 0.2) is 12.2 Å². The van der Waals surface area contributed by atoms with E-state index in [4.69, 9.17) is 23.7 Å². The van der Waals surface area contributed by atoms with Crippen molar-refractivity contribution in [2.45, 2.75) is 65.3 Å². The van der Waals surface area contributed by atoms with Crippen LogP contribution in [0, 0.1) is 17.0 Å². The number of aryl methyl sites for hydroxylation is 1. The number of nitrogens with zero attached hydrogens (tertiary/aromatic N) is 3. The zero-order valence-electron chi connectivity index (χ0n) is 18.0. The van der Waals surface area contributed by atoms with Crippen LogP contribution in [0.4, 0.5) is 5.82 Å². The van der Waals surface area contributed by atoms with E-state index in [-0.39, 0.29) is 5.82 Å². The summed E-state index contributed by atoms with van der Waals surface area (Å²) in [5.74, 6) is -3.38. The molecule has 1 aromatic rings. The fraction of sp³-hybridized carbons (Fsp3) is 0.611. The first-order valence-electron chi connectivity index (χ1n) is 9.41. The van der Waals surface area contributed by atoms with Gasteiger partial charge in [0.2, 0.25) is 12.1 Å². The van der Waals surface area contributed by atoms with Gasteiger partial charge in [-0.05, 0) is 9.91 Å². The van der Waals surface area contributed by atoms with Crippen molar-refractivity contribution < 1.29 is 47.8 Å². The second-order valence-corrected chi connectivity index (χ2v) is 6.90. The van der Waals surface area contributed by atoms with Crippen LogP contribution in [0.3, 0.4) is 0 Å². The lowest BCUT2D eigenvalue weighted by Gasteiger charge is -2.44. The molecule has 176 valence electrons. The standard InChI is InChI=1S/C18H23N3O11/c1-8-19-14(21(26)27)6-20(8)15-17(30-11(4)24)16(29-10(3)23)13(7-28-9(2)22)32-18(15)31-12(5)25/h6,13,15-18H,7H2,1-5H3/t13-,15+,16-,17-,18+/m1/s1. The molecule has 0 amide bonds. The van der Waals surface area contributed by atoms with E-state index in [2.05, 4.69) is 4.98 Å². The smallest absolute Gasteiger partial charge is 0.381 e. The van der Waals surface area contributed by atoms with Crippen LogP contribution in [0.5, 0.6) is 0 Å². The van der Waals surface area contributed by atoms with Crippen molar-refractivity contribution in [3.63, 3.8) is 0 Å². The monoisotopic (exact) mass is 457 g/mol. The highest BCUT2D eigenvalue weighted by atomic mass is 16.7. The summed E-state index contributed by atoms with van der Waals surface area (Å²) in [4.78, 5) is 61.0. The van der Waals surface area contributed by atoms with E-state index in [1.54, 1.807) is 0 Å². The zero-order valence-corrected chi connectivity index (χ0v) is 18.0. The van der Waals surface area contributed by atoms with Gasteiger partial charge >= 0.3 is 29.7 Å². The van der Waals surface area contributed by atoms with Crippen molar-refractivity contribution >= 4 is 29.7 Å². The minimum absolute atomic E-state index is 0.111. The lowest BCUT2D eigenvalue weighted by Crippen LogP contribution is -2.59. The SMILES string of the molecule is CC(=O)OC[C@H]1O[C@H](OC(C)=O)[C@@H](n2cc([N+](=O)[O-])nc2C)[C@@H](OC(C)=O)[C@@H]1OC(C)=O. The number of hydrogen-bond donors (Lipinski definition) is 0. The molecule has 0 N–H and O–H groups in total. The normalized spacial score (nSPS) is 24.8. The van der Waals surface area contributed by atoms with Crippen LogP contribution in [0.1, 0.15) is 39.6 Å². The molecule has 1 aliphatic heterocycles. The minimum atomic E-state index is -1.46. The molecule has 0 bridgehead atoms. The highest BCUT2D eigenvalue weighted by Gasteiger charge is 2.53. The van der Waals surface area contributed by atoms with Gasteiger partial charge in [0, 0.05) is 34.6 Å². The van der Waals surface area contributed by atoms with Crippen molar-refractivity contribution in [3.05, 3.63) is 22.1 Å². The molecule has 1 fully saturated rings. The predicted molar refractivity (Wildman–Crippen MR) is 101 cm³/mol. The lowest BCUT2D eigenvalue weighted by atomic mass is 9.95. The summed E-state index contributed by atoms with van der Waals surface area (Å²) in [5, 5.41) is 11.2. The second kappa shape index (κ2) is 10.2. The molecule has 5 atom stereocenters. The Morgan fingerprint density at radius 1 is 1.03 bits per heavy atom. The summed E-state index contributed by atoms with van der Waals surface area (Å²) in [7, 11) is 0. The van der Waals surface area contributed by atoms with E-state index in [0.29, 0.717) is 0 Å². The van der Waals surface area contributed by atoms with Crippen molar-refractivity contribution in [2.24, 2.45) is 0 Å². The van der Waals surface area contributed by atoms with Crippen LogP contribution in [-0.4, -0.2) is 69.6 Å². The van der Waals surface area contributed by atoms with E-state index >= 15 is 0 Å². The van der Waals surface area contributed by atoms with E-state index in [1.807, 2.05) is 0 Å². The molecule has 0 aromatic carbocycles. The average Bonchev–Trinajstić information content (AvgIpc) is 3.03. The van der Waals surface area contributed by atoms with Crippen LogP contribution in [-0.2, 0) is 42.9 Å². The van der Waals surface area contributed by atoms with Gasteiger partial charge in [0.05, 0.1) is 0 Å². The third-order valence-electron chi connectivity index (χ3n) is 4.36. The minimum Gasteiger partial charge on any atom is -0.463 e. The first kappa shape index (κ1) is 24.7. The van der Waals surface area contributed by atoms with Crippen molar-refractivity contribution in [1.82, 2.24) is 9.55 Å². The predicted octanol–water partition coefficient (Wildman–Crippen LogP) is 0.355. The van der Waals surface area contributed by atoms with Crippen molar-refractivity contribution in [3.8, 4) is 0 Å². The van der Waals surface area contributed by atoms with E-state index in [9.17, 15) is 29.3 Å². The third kappa shape index (κ3) is 6.00.